The van der Waals surface area contributed by atoms with Crippen LogP contribution >= 0.6 is 0 Å². The summed E-state index contributed by atoms with van der Waals surface area (Å²) in [4.78, 5) is 16.8. The second-order valence-electron chi connectivity index (χ2n) is 6.55. The zero-order chi connectivity index (χ0) is 18.2. The third kappa shape index (κ3) is 5.70. The molecule has 0 spiro atoms. The lowest BCUT2D eigenvalue weighted by atomic mass is 10.2. The molecule has 0 aromatic heterocycles. The van der Waals surface area contributed by atoms with Crippen molar-refractivity contribution in [1.29, 1.82) is 0 Å². The van der Waals surface area contributed by atoms with Gasteiger partial charge in [-0.1, -0.05) is 12.1 Å². The van der Waals surface area contributed by atoms with Crippen molar-refractivity contribution in [2.75, 3.05) is 39.9 Å². The van der Waals surface area contributed by atoms with E-state index in [1.54, 1.807) is 7.11 Å². The summed E-state index contributed by atoms with van der Waals surface area (Å²) in [5, 5.41) is 9.31. The number of nitrogens with zero attached hydrogens (tertiary/aromatic N) is 2. The molecule has 1 aromatic rings. The number of methoxy groups -OCH3 is 1. The van der Waals surface area contributed by atoms with Gasteiger partial charge < -0.3 is 19.5 Å². The Morgan fingerprint density at radius 2 is 2.04 bits per heavy atom. The number of hydrogen-bond donors (Lipinski definition) is 1. The van der Waals surface area contributed by atoms with Gasteiger partial charge in [-0.3, -0.25) is 9.69 Å². The van der Waals surface area contributed by atoms with Crippen molar-refractivity contribution in [2.24, 2.45) is 0 Å². The van der Waals surface area contributed by atoms with Crippen LogP contribution in [0, 0.1) is 0 Å². The maximum atomic E-state index is 12.6. The second kappa shape index (κ2) is 9.75. The highest BCUT2D eigenvalue weighted by atomic mass is 16.5. The van der Waals surface area contributed by atoms with Gasteiger partial charge in [0, 0.05) is 32.2 Å². The molecule has 140 valence electrons. The van der Waals surface area contributed by atoms with Gasteiger partial charge in [0.05, 0.1) is 20.3 Å². The molecule has 0 saturated carbocycles. The molecule has 0 aliphatic carbocycles. The largest absolute Gasteiger partial charge is 0.497 e. The van der Waals surface area contributed by atoms with E-state index < -0.39 is 6.10 Å². The smallest absolute Gasteiger partial charge is 0.251 e. The molecule has 1 N–H and O–H groups in total. The molecule has 1 aromatic carbocycles. The number of carbonyl (C=O) groups excluding carboxylic acids is 1. The predicted molar refractivity (Wildman–Crippen MR) is 96.6 cm³/mol. The van der Waals surface area contributed by atoms with Crippen molar-refractivity contribution in [3.63, 3.8) is 0 Å². The van der Waals surface area contributed by atoms with Crippen molar-refractivity contribution < 1.29 is 19.4 Å². The number of aliphatic hydroxyl groups excluding tert-OH is 1. The number of hydrogen-bond acceptors (Lipinski definition) is 5. The maximum Gasteiger partial charge on any atom is 0.251 e. The Hall–Kier alpha value is -1.63. The normalized spacial score (nSPS) is 18.5. The van der Waals surface area contributed by atoms with E-state index in [9.17, 15) is 9.90 Å². The van der Waals surface area contributed by atoms with Gasteiger partial charge in [0.15, 0.2) is 0 Å². The second-order valence-corrected chi connectivity index (χ2v) is 6.55. The molecule has 0 bridgehead atoms. The van der Waals surface area contributed by atoms with Gasteiger partial charge in [-0.05, 0) is 38.0 Å². The van der Waals surface area contributed by atoms with E-state index >= 15 is 0 Å². The predicted octanol–water partition coefficient (Wildman–Crippen LogP) is 1.52. The number of carbonyl (C=O) groups is 1. The summed E-state index contributed by atoms with van der Waals surface area (Å²) in [6.45, 7) is 7.45. The van der Waals surface area contributed by atoms with Crippen LogP contribution in [0.25, 0.3) is 0 Å². The molecular weight excluding hydrogens is 320 g/mol. The Labute approximate surface area is 150 Å². The topological polar surface area (TPSA) is 62.2 Å². The van der Waals surface area contributed by atoms with Gasteiger partial charge in [0.2, 0.25) is 0 Å². The SMILES string of the molecule is COc1cccc(CO[C@H](C)C(=O)N2CCCN([C@H](C)CO)CC2)c1. The number of aliphatic hydroxyl groups is 1. The summed E-state index contributed by atoms with van der Waals surface area (Å²) in [6.07, 6.45) is 0.437. The summed E-state index contributed by atoms with van der Waals surface area (Å²) < 4.78 is 11.0. The van der Waals surface area contributed by atoms with Gasteiger partial charge in [-0.25, -0.2) is 0 Å². The van der Waals surface area contributed by atoms with Crippen LogP contribution in [0.5, 0.6) is 5.75 Å². The Kier molecular flexibility index (Phi) is 7.68. The first-order chi connectivity index (χ1) is 12.0. The van der Waals surface area contributed by atoms with Crippen molar-refractivity contribution >= 4 is 5.91 Å². The average molecular weight is 350 g/mol. The fourth-order valence-corrected chi connectivity index (χ4v) is 3.03. The number of rotatable bonds is 7. The van der Waals surface area contributed by atoms with E-state index in [0.717, 1.165) is 37.4 Å². The molecule has 1 amide bonds. The summed E-state index contributed by atoms with van der Waals surface area (Å²) in [6, 6.07) is 7.80. The third-order valence-corrected chi connectivity index (χ3v) is 4.71. The minimum absolute atomic E-state index is 0.0291. The molecule has 0 radical (unpaired) electrons. The van der Waals surface area contributed by atoms with E-state index in [1.165, 1.54) is 0 Å². The van der Waals surface area contributed by atoms with Gasteiger partial charge in [-0.2, -0.15) is 0 Å². The highest BCUT2D eigenvalue weighted by Crippen LogP contribution is 2.15. The van der Waals surface area contributed by atoms with E-state index in [4.69, 9.17) is 9.47 Å². The molecule has 0 unspecified atom stereocenters. The zero-order valence-electron chi connectivity index (χ0n) is 15.5. The first kappa shape index (κ1) is 19.7. The van der Waals surface area contributed by atoms with Gasteiger partial charge in [0.1, 0.15) is 11.9 Å². The monoisotopic (exact) mass is 350 g/mol. The molecule has 2 rings (SSSR count). The lowest BCUT2D eigenvalue weighted by Crippen LogP contribution is -2.42. The molecule has 25 heavy (non-hydrogen) atoms. The zero-order valence-corrected chi connectivity index (χ0v) is 15.5. The van der Waals surface area contributed by atoms with Crippen molar-refractivity contribution in [3.8, 4) is 5.75 Å². The molecule has 2 atom stereocenters. The van der Waals surface area contributed by atoms with Gasteiger partial charge >= 0.3 is 0 Å². The molecule has 1 aliphatic rings. The Morgan fingerprint density at radius 1 is 1.24 bits per heavy atom. The van der Waals surface area contributed by atoms with Crippen LogP contribution in [0.3, 0.4) is 0 Å². The Morgan fingerprint density at radius 3 is 2.76 bits per heavy atom. The third-order valence-electron chi connectivity index (χ3n) is 4.71. The molecular formula is C19H30N2O4. The average Bonchev–Trinajstić information content (AvgIpc) is 2.91. The van der Waals surface area contributed by atoms with Gasteiger partial charge in [-0.15, -0.1) is 0 Å². The van der Waals surface area contributed by atoms with Crippen LogP contribution in [0.1, 0.15) is 25.8 Å². The van der Waals surface area contributed by atoms with Crippen LogP contribution in [-0.2, 0) is 16.1 Å². The molecule has 6 heteroatoms. The fourth-order valence-electron chi connectivity index (χ4n) is 3.03. The van der Waals surface area contributed by atoms with Crippen molar-refractivity contribution in [3.05, 3.63) is 29.8 Å². The van der Waals surface area contributed by atoms with Crippen LogP contribution < -0.4 is 4.74 Å². The minimum Gasteiger partial charge on any atom is -0.497 e. The lowest BCUT2D eigenvalue weighted by molar-refractivity contribution is -0.143. The maximum absolute atomic E-state index is 12.6. The minimum atomic E-state index is -0.479. The standard InChI is InChI=1S/C19H30N2O4/c1-15(13-22)20-8-5-9-21(11-10-20)19(23)16(2)25-14-17-6-4-7-18(12-17)24-3/h4,6-7,12,15-16,22H,5,8-11,13-14H2,1-3H3/t15-,16-/m1/s1. The molecule has 1 heterocycles. The number of benzene rings is 1. The van der Waals surface area contributed by atoms with Crippen LogP contribution in [0.15, 0.2) is 24.3 Å². The Balaban J connectivity index is 1.84. The summed E-state index contributed by atoms with van der Waals surface area (Å²) in [5.74, 6) is 0.812. The fraction of sp³-hybridized carbons (Fsp3) is 0.632. The first-order valence-electron chi connectivity index (χ1n) is 8.93. The van der Waals surface area contributed by atoms with E-state index in [2.05, 4.69) is 4.90 Å². The summed E-state index contributed by atoms with van der Waals surface area (Å²) in [7, 11) is 1.63. The first-order valence-corrected chi connectivity index (χ1v) is 8.93. The van der Waals surface area contributed by atoms with Crippen molar-refractivity contribution in [2.45, 2.75) is 39.0 Å². The van der Waals surface area contributed by atoms with E-state index in [1.807, 2.05) is 43.0 Å². The van der Waals surface area contributed by atoms with Crippen LogP contribution in [0.2, 0.25) is 0 Å². The summed E-state index contributed by atoms with van der Waals surface area (Å²) >= 11 is 0. The molecule has 1 aliphatic heterocycles. The quantitative estimate of drug-likeness (QED) is 0.808. The van der Waals surface area contributed by atoms with Crippen LogP contribution in [-0.4, -0.2) is 72.9 Å². The van der Waals surface area contributed by atoms with Gasteiger partial charge in [0.25, 0.3) is 5.91 Å². The van der Waals surface area contributed by atoms with E-state index in [-0.39, 0.29) is 18.6 Å². The molecule has 6 nitrogen and oxygen atoms in total. The number of amides is 1. The van der Waals surface area contributed by atoms with Crippen LogP contribution in [0.4, 0.5) is 0 Å². The number of ether oxygens (including phenoxy) is 2. The molecule has 1 saturated heterocycles. The highest BCUT2D eigenvalue weighted by Gasteiger charge is 2.25. The van der Waals surface area contributed by atoms with E-state index in [0.29, 0.717) is 13.2 Å². The summed E-state index contributed by atoms with van der Waals surface area (Å²) in [5.41, 5.74) is 0.984. The lowest BCUT2D eigenvalue weighted by Gasteiger charge is -2.27. The highest BCUT2D eigenvalue weighted by molar-refractivity contribution is 5.80. The Bertz CT molecular complexity index is 552. The molecule has 1 fully saturated rings. The van der Waals surface area contributed by atoms with Crippen molar-refractivity contribution in [1.82, 2.24) is 9.80 Å².